The molecule has 0 spiro atoms. The molecule has 16 heavy (non-hydrogen) atoms. The lowest BCUT2D eigenvalue weighted by Crippen LogP contribution is -2.30. The van der Waals surface area contributed by atoms with E-state index >= 15 is 0 Å². The predicted molar refractivity (Wildman–Crippen MR) is 70.3 cm³/mol. The van der Waals surface area contributed by atoms with Crippen LogP contribution in [0.25, 0.3) is 0 Å². The quantitative estimate of drug-likeness (QED) is 0.715. The molecule has 1 saturated carbocycles. The molecule has 0 radical (unpaired) electrons. The van der Waals surface area contributed by atoms with Crippen molar-refractivity contribution >= 4 is 0 Å². The summed E-state index contributed by atoms with van der Waals surface area (Å²) in [5.74, 6) is 1.75. The standard InChI is InChI=1S/C15H27N/c1-2-12-9-10-14(11-12)15(16)13-7-5-3-4-6-8-13/h7,12,14-15H,2-6,8-11,16H2,1H3. The van der Waals surface area contributed by atoms with Gasteiger partial charge in [-0.25, -0.2) is 0 Å². The van der Waals surface area contributed by atoms with Gasteiger partial charge in [-0.2, -0.15) is 0 Å². The van der Waals surface area contributed by atoms with Crippen LogP contribution in [0.5, 0.6) is 0 Å². The molecule has 2 aliphatic carbocycles. The van der Waals surface area contributed by atoms with E-state index in [4.69, 9.17) is 5.73 Å². The second kappa shape index (κ2) is 5.86. The van der Waals surface area contributed by atoms with Gasteiger partial charge >= 0.3 is 0 Å². The van der Waals surface area contributed by atoms with E-state index in [1.54, 1.807) is 5.57 Å². The van der Waals surface area contributed by atoms with Crippen molar-refractivity contribution in [1.82, 2.24) is 0 Å². The van der Waals surface area contributed by atoms with Crippen molar-refractivity contribution in [3.05, 3.63) is 11.6 Å². The third kappa shape index (κ3) is 2.88. The minimum atomic E-state index is 0.384. The van der Waals surface area contributed by atoms with Gasteiger partial charge in [0.1, 0.15) is 0 Å². The van der Waals surface area contributed by atoms with Crippen molar-refractivity contribution in [2.24, 2.45) is 17.6 Å². The maximum absolute atomic E-state index is 6.47. The second-order valence-corrected chi connectivity index (χ2v) is 5.75. The van der Waals surface area contributed by atoms with Crippen LogP contribution in [0, 0.1) is 11.8 Å². The highest BCUT2D eigenvalue weighted by Gasteiger charge is 2.29. The fourth-order valence-corrected chi connectivity index (χ4v) is 3.46. The van der Waals surface area contributed by atoms with Crippen LogP contribution in [-0.2, 0) is 0 Å². The van der Waals surface area contributed by atoms with E-state index in [1.807, 2.05) is 0 Å². The molecule has 0 aliphatic heterocycles. The molecule has 0 aromatic rings. The van der Waals surface area contributed by atoms with E-state index < -0.39 is 0 Å². The lowest BCUT2D eigenvalue weighted by molar-refractivity contribution is 0.431. The molecule has 0 saturated heterocycles. The minimum absolute atomic E-state index is 0.384. The smallest absolute Gasteiger partial charge is 0.0282 e. The van der Waals surface area contributed by atoms with Gasteiger partial charge in [0.05, 0.1) is 0 Å². The third-order valence-corrected chi connectivity index (χ3v) is 4.67. The fourth-order valence-electron chi connectivity index (χ4n) is 3.46. The third-order valence-electron chi connectivity index (χ3n) is 4.67. The van der Waals surface area contributed by atoms with E-state index in [-0.39, 0.29) is 0 Å². The van der Waals surface area contributed by atoms with Crippen LogP contribution in [0.4, 0.5) is 0 Å². The molecule has 3 unspecified atom stereocenters. The number of allylic oxidation sites excluding steroid dienone is 1. The molecular weight excluding hydrogens is 194 g/mol. The summed E-state index contributed by atoms with van der Waals surface area (Å²) < 4.78 is 0. The highest BCUT2D eigenvalue weighted by molar-refractivity contribution is 5.13. The lowest BCUT2D eigenvalue weighted by atomic mass is 9.89. The van der Waals surface area contributed by atoms with Crippen LogP contribution < -0.4 is 5.73 Å². The Balaban J connectivity index is 1.91. The molecule has 1 fully saturated rings. The average Bonchev–Trinajstić information content (AvgIpc) is 2.62. The SMILES string of the molecule is CCC1CCC(C(N)C2=CCCCCC2)C1. The molecule has 0 bridgehead atoms. The molecule has 92 valence electrons. The van der Waals surface area contributed by atoms with Crippen LogP contribution in [0.3, 0.4) is 0 Å². The van der Waals surface area contributed by atoms with Crippen molar-refractivity contribution in [2.75, 3.05) is 0 Å². The Labute approximate surface area is 100 Å². The molecular formula is C15H27N. The first-order chi connectivity index (χ1) is 7.81. The predicted octanol–water partition coefficient (Wildman–Crippen LogP) is 4.03. The van der Waals surface area contributed by atoms with E-state index in [0.717, 1.165) is 11.8 Å². The van der Waals surface area contributed by atoms with Gasteiger partial charge in [-0.1, -0.05) is 37.8 Å². The van der Waals surface area contributed by atoms with Gasteiger partial charge in [-0.05, 0) is 50.4 Å². The molecule has 2 rings (SSSR count). The van der Waals surface area contributed by atoms with Gasteiger partial charge in [0.15, 0.2) is 0 Å². The molecule has 0 heterocycles. The van der Waals surface area contributed by atoms with Gasteiger partial charge in [0.25, 0.3) is 0 Å². The van der Waals surface area contributed by atoms with Crippen LogP contribution in [0.2, 0.25) is 0 Å². The molecule has 2 N–H and O–H groups in total. The number of nitrogens with two attached hydrogens (primary N) is 1. The Morgan fingerprint density at radius 3 is 2.94 bits per heavy atom. The van der Waals surface area contributed by atoms with Gasteiger partial charge in [0.2, 0.25) is 0 Å². The Kier molecular flexibility index (Phi) is 4.45. The van der Waals surface area contributed by atoms with Crippen molar-refractivity contribution in [1.29, 1.82) is 0 Å². The zero-order chi connectivity index (χ0) is 11.4. The Morgan fingerprint density at radius 2 is 2.19 bits per heavy atom. The topological polar surface area (TPSA) is 26.0 Å². The highest BCUT2D eigenvalue weighted by atomic mass is 14.7. The molecule has 1 heteroatoms. The summed E-state index contributed by atoms with van der Waals surface area (Å²) in [6.07, 6.45) is 14.7. The molecule has 3 atom stereocenters. The van der Waals surface area contributed by atoms with Crippen molar-refractivity contribution in [3.8, 4) is 0 Å². The van der Waals surface area contributed by atoms with Gasteiger partial charge < -0.3 is 5.73 Å². The zero-order valence-electron chi connectivity index (χ0n) is 10.8. The molecule has 0 aromatic carbocycles. The Hall–Kier alpha value is -0.300. The molecule has 0 amide bonds. The second-order valence-electron chi connectivity index (χ2n) is 5.75. The Bertz CT molecular complexity index is 244. The molecule has 1 nitrogen and oxygen atoms in total. The van der Waals surface area contributed by atoms with Crippen molar-refractivity contribution < 1.29 is 0 Å². The summed E-state index contributed by atoms with van der Waals surface area (Å²) in [5, 5.41) is 0. The van der Waals surface area contributed by atoms with Gasteiger partial charge in [0, 0.05) is 6.04 Å². The molecule has 0 aromatic heterocycles. The first-order valence-electron chi connectivity index (χ1n) is 7.25. The van der Waals surface area contributed by atoms with Crippen LogP contribution >= 0.6 is 0 Å². The van der Waals surface area contributed by atoms with Gasteiger partial charge in [-0.15, -0.1) is 0 Å². The normalized spacial score (nSPS) is 33.2. The van der Waals surface area contributed by atoms with E-state index in [1.165, 1.54) is 57.8 Å². The van der Waals surface area contributed by atoms with Crippen LogP contribution in [0.15, 0.2) is 11.6 Å². The first-order valence-corrected chi connectivity index (χ1v) is 7.25. The number of rotatable bonds is 3. The van der Waals surface area contributed by atoms with E-state index in [0.29, 0.717) is 6.04 Å². The first kappa shape index (κ1) is 12.2. The fraction of sp³-hybridized carbons (Fsp3) is 0.867. The maximum Gasteiger partial charge on any atom is 0.0282 e. The number of hydrogen-bond acceptors (Lipinski definition) is 1. The summed E-state index contributed by atoms with van der Waals surface area (Å²) in [6.45, 7) is 2.32. The summed E-state index contributed by atoms with van der Waals surface area (Å²) >= 11 is 0. The largest absolute Gasteiger partial charge is 0.324 e. The van der Waals surface area contributed by atoms with Crippen LogP contribution in [0.1, 0.15) is 64.7 Å². The minimum Gasteiger partial charge on any atom is -0.324 e. The van der Waals surface area contributed by atoms with E-state index in [2.05, 4.69) is 13.0 Å². The van der Waals surface area contributed by atoms with E-state index in [9.17, 15) is 0 Å². The summed E-state index contributed by atoms with van der Waals surface area (Å²) in [5.41, 5.74) is 8.05. The lowest BCUT2D eigenvalue weighted by Gasteiger charge is -2.22. The van der Waals surface area contributed by atoms with Crippen molar-refractivity contribution in [3.63, 3.8) is 0 Å². The maximum atomic E-state index is 6.47. The Morgan fingerprint density at radius 1 is 1.31 bits per heavy atom. The summed E-state index contributed by atoms with van der Waals surface area (Å²) in [7, 11) is 0. The number of hydrogen-bond donors (Lipinski definition) is 1. The average molecular weight is 221 g/mol. The van der Waals surface area contributed by atoms with Crippen molar-refractivity contribution in [2.45, 2.75) is 70.8 Å². The summed E-state index contributed by atoms with van der Waals surface area (Å²) in [4.78, 5) is 0. The summed E-state index contributed by atoms with van der Waals surface area (Å²) in [6, 6.07) is 0.384. The zero-order valence-corrected chi connectivity index (χ0v) is 10.8. The van der Waals surface area contributed by atoms with Crippen LogP contribution in [-0.4, -0.2) is 6.04 Å². The van der Waals surface area contributed by atoms with Gasteiger partial charge in [-0.3, -0.25) is 0 Å². The monoisotopic (exact) mass is 221 g/mol. The highest BCUT2D eigenvalue weighted by Crippen LogP contribution is 2.37. The molecule has 2 aliphatic rings.